The molecule has 0 aromatic carbocycles. The predicted molar refractivity (Wildman–Crippen MR) is 105 cm³/mol. The lowest BCUT2D eigenvalue weighted by atomic mass is 10.1. The van der Waals surface area contributed by atoms with E-state index in [9.17, 15) is 8.42 Å². The maximum Gasteiger partial charge on any atom is 0.193 e. The minimum absolute atomic E-state index is 0.108. The van der Waals surface area contributed by atoms with Crippen LogP contribution in [0.5, 0.6) is 0 Å². The van der Waals surface area contributed by atoms with E-state index in [1.807, 2.05) is 0 Å². The van der Waals surface area contributed by atoms with Crippen molar-refractivity contribution in [2.45, 2.75) is 51.7 Å². The Hall–Kier alpha value is -0.820. The van der Waals surface area contributed by atoms with Gasteiger partial charge in [0.25, 0.3) is 0 Å². The number of hydrogen-bond donors (Lipinski definition) is 1. The first-order valence-corrected chi connectivity index (χ1v) is 11.4. The molecule has 7 heteroatoms. The molecular formula is C18H36N4O2S. The number of aliphatic imine (C=N–C) groups is 1. The zero-order chi connectivity index (χ0) is 18.5. The van der Waals surface area contributed by atoms with Crippen LogP contribution in [-0.4, -0.2) is 80.5 Å². The van der Waals surface area contributed by atoms with E-state index in [1.165, 1.54) is 38.9 Å². The predicted octanol–water partition coefficient (Wildman–Crippen LogP) is 1.58. The van der Waals surface area contributed by atoms with E-state index in [0.29, 0.717) is 12.5 Å². The highest BCUT2D eigenvalue weighted by Gasteiger charge is 2.29. The molecule has 0 aromatic heterocycles. The molecular weight excluding hydrogens is 336 g/mol. The van der Waals surface area contributed by atoms with Crippen molar-refractivity contribution in [2.24, 2.45) is 10.9 Å². The fraction of sp³-hybridized carbons (Fsp3) is 0.944. The average Bonchev–Trinajstić information content (AvgIpc) is 3.17. The van der Waals surface area contributed by atoms with Gasteiger partial charge in [-0.2, -0.15) is 0 Å². The third-order valence-corrected chi connectivity index (χ3v) is 7.78. The Balaban J connectivity index is 1.89. The third-order valence-electron chi connectivity index (χ3n) is 5.19. The van der Waals surface area contributed by atoms with E-state index in [2.05, 4.69) is 27.0 Å². The largest absolute Gasteiger partial charge is 0.357 e. The quantitative estimate of drug-likeness (QED) is 0.566. The van der Waals surface area contributed by atoms with E-state index < -0.39 is 14.6 Å². The van der Waals surface area contributed by atoms with Crippen molar-refractivity contribution >= 4 is 15.8 Å². The Bertz CT molecular complexity index is 548. The Morgan fingerprint density at radius 2 is 1.88 bits per heavy atom. The van der Waals surface area contributed by atoms with E-state index >= 15 is 0 Å². The highest BCUT2D eigenvalue weighted by molar-refractivity contribution is 7.92. The van der Waals surface area contributed by atoms with Crippen molar-refractivity contribution in [1.29, 1.82) is 0 Å². The van der Waals surface area contributed by atoms with Crippen LogP contribution in [0.4, 0.5) is 0 Å². The molecule has 1 atom stereocenters. The van der Waals surface area contributed by atoms with Crippen LogP contribution in [0.1, 0.15) is 47.0 Å². The number of likely N-dealkylation sites (tertiary alicyclic amines) is 2. The van der Waals surface area contributed by atoms with E-state index in [0.717, 1.165) is 25.6 Å². The second kappa shape index (κ2) is 8.71. The lowest BCUT2D eigenvalue weighted by molar-refractivity contribution is 0.281. The summed E-state index contributed by atoms with van der Waals surface area (Å²) in [5.74, 6) is 1.67. The molecule has 0 aromatic rings. The molecule has 1 N–H and O–H groups in total. The minimum Gasteiger partial charge on any atom is -0.357 e. The SMILES string of the molecule is CCNC(=NCCS(=O)(=O)C(C)(C)C)N1CCC(CN2CCCC2)C1. The van der Waals surface area contributed by atoms with Gasteiger partial charge in [-0.1, -0.05) is 0 Å². The first kappa shape index (κ1) is 20.5. The molecule has 2 heterocycles. The minimum atomic E-state index is -3.12. The van der Waals surface area contributed by atoms with E-state index in [4.69, 9.17) is 0 Å². The van der Waals surface area contributed by atoms with Gasteiger partial charge in [0, 0.05) is 26.2 Å². The van der Waals surface area contributed by atoms with Crippen molar-refractivity contribution in [3.8, 4) is 0 Å². The van der Waals surface area contributed by atoms with Gasteiger partial charge in [0.1, 0.15) is 0 Å². The smallest absolute Gasteiger partial charge is 0.193 e. The molecule has 2 aliphatic rings. The van der Waals surface area contributed by atoms with Crippen LogP contribution >= 0.6 is 0 Å². The number of rotatable bonds is 6. The summed E-state index contributed by atoms with van der Waals surface area (Å²) < 4.78 is 23.8. The molecule has 0 radical (unpaired) electrons. The maximum absolute atomic E-state index is 12.2. The van der Waals surface area contributed by atoms with Gasteiger partial charge in [-0.25, -0.2) is 8.42 Å². The molecule has 0 saturated carbocycles. The van der Waals surface area contributed by atoms with Gasteiger partial charge in [-0.15, -0.1) is 0 Å². The molecule has 0 amide bonds. The first-order valence-electron chi connectivity index (χ1n) is 9.71. The Morgan fingerprint density at radius 3 is 2.48 bits per heavy atom. The molecule has 2 rings (SSSR count). The monoisotopic (exact) mass is 372 g/mol. The summed E-state index contributed by atoms with van der Waals surface area (Å²) in [6.45, 7) is 14.2. The number of nitrogens with zero attached hydrogens (tertiary/aromatic N) is 3. The summed E-state index contributed by atoms with van der Waals surface area (Å²) in [6, 6.07) is 0. The van der Waals surface area contributed by atoms with Crippen LogP contribution in [0.3, 0.4) is 0 Å². The topological polar surface area (TPSA) is 65.0 Å². The van der Waals surface area contributed by atoms with Gasteiger partial charge in [0.2, 0.25) is 0 Å². The molecule has 25 heavy (non-hydrogen) atoms. The Kier molecular flexibility index (Phi) is 7.14. The first-order chi connectivity index (χ1) is 11.7. The zero-order valence-corrected chi connectivity index (χ0v) is 17.2. The molecule has 2 saturated heterocycles. The molecule has 146 valence electrons. The summed E-state index contributed by atoms with van der Waals surface area (Å²) in [4.78, 5) is 9.48. The second-order valence-electron chi connectivity index (χ2n) is 8.28. The van der Waals surface area contributed by atoms with Crippen molar-refractivity contribution in [1.82, 2.24) is 15.1 Å². The molecule has 0 aliphatic carbocycles. The van der Waals surface area contributed by atoms with Gasteiger partial charge < -0.3 is 15.1 Å². The lowest BCUT2D eigenvalue weighted by Gasteiger charge is -2.24. The fourth-order valence-corrected chi connectivity index (χ4v) is 4.45. The van der Waals surface area contributed by atoms with Gasteiger partial charge in [-0.3, -0.25) is 4.99 Å². The summed E-state index contributed by atoms with van der Waals surface area (Å²) >= 11 is 0. The number of nitrogens with one attached hydrogen (secondary N) is 1. The summed E-state index contributed by atoms with van der Waals surface area (Å²) in [7, 11) is -3.12. The number of sulfone groups is 1. The van der Waals surface area contributed by atoms with Crippen molar-refractivity contribution < 1.29 is 8.42 Å². The zero-order valence-electron chi connectivity index (χ0n) is 16.4. The van der Waals surface area contributed by atoms with Crippen LogP contribution in [-0.2, 0) is 9.84 Å². The maximum atomic E-state index is 12.2. The van der Waals surface area contributed by atoms with Crippen LogP contribution in [0.15, 0.2) is 4.99 Å². The second-order valence-corrected chi connectivity index (χ2v) is 11.1. The average molecular weight is 373 g/mol. The third kappa shape index (κ3) is 5.84. The number of guanidine groups is 1. The van der Waals surface area contributed by atoms with Gasteiger partial charge in [0.15, 0.2) is 15.8 Å². The Labute approximate surface area is 154 Å². The molecule has 2 fully saturated rings. The van der Waals surface area contributed by atoms with Crippen LogP contribution < -0.4 is 5.32 Å². The number of hydrogen-bond acceptors (Lipinski definition) is 4. The van der Waals surface area contributed by atoms with Crippen LogP contribution in [0.25, 0.3) is 0 Å². The lowest BCUT2D eigenvalue weighted by Crippen LogP contribution is -2.41. The molecule has 6 nitrogen and oxygen atoms in total. The summed E-state index contributed by atoms with van der Waals surface area (Å²) in [5.41, 5.74) is 0. The van der Waals surface area contributed by atoms with Gasteiger partial charge in [-0.05, 0) is 66.0 Å². The standard InChI is InChI=1S/C18H36N4O2S/c1-5-19-17(20-9-13-25(23,24)18(2,3)4)22-12-8-16(15-22)14-21-10-6-7-11-21/h16H,5-15H2,1-4H3,(H,19,20). The van der Waals surface area contributed by atoms with Gasteiger partial charge in [0.05, 0.1) is 17.0 Å². The molecule has 0 bridgehead atoms. The Morgan fingerprint density at radius 1 is 1.20 bits per heavy atom. The van der Waals surface area contributed by atoms with Crippen molar-refractivity contribution in [2.75, 3.05) is 51.6 Å². The molecule has 2 aliphatic heterocycles. The van der Waals surface area contributed by atoms with Crippen molar-refractivity contribution in [3.05, 3.63) is 0 Å². The highest BCUT2D eigenvalue weighted by atomic mass is 32.2. The molecule has 1 unspecified atom stereocenters. The summed E-state index contributed by atoms with van der Waals surface area (Å²) in [5, 5.41) is 3.33. The van der Waals surface area contributed by atoms with Crippen LogP contribution in [0.2, 0.25) is 0 Å². The molecule has 0 spiro atoms. The van der Waals surface area contributed by atoms with Crippen LogP contribution in [0, 0.1) is 5.92 Å². The summed E-state index contributed by atoms with van der Waals surface area (Å²) in [6.07, 6.45) is 3.87. The van der Waals surface area contributed by atoms with E-state index in [-0.39, 0.29) is 5.75 Å². The highest BCUT2D eigenvalue weighted by Crippen LogP contribution is 2.20. The van der Waals surface area contributed by atoms with Crippen molar-refractivity contribution in [3.63, 3.8) is 0 Å². The normalized spacial score (nSPS) is 23.4. The van der Waals surface area contributed by atoms with Gasteiger partial charge >= 0.3 is 0 Å². The van der Waals surface area contributed by atoms with E-state index in [1.54, 1.807) is 20.8 Å². The fourth-order valence-electron chi connectivity index (χ4n) is 3.51.